The molecule has 0 bridgehead atoms. The predicted molar refractivity (Wildman–Crippen MR) is 67.4 cm³/mol. The molecule has 0 fully saturated rings. The van der Waals surface area contributed by atoms with E-state index in [1.165, 1.54) is 11.1 Å². The second-order valence-corrected chi connectivity index (χ2v) is 4.37. The molecule has 0 saturated heterocycles. The Hall–Kier alpha value is -1.68. The van der Waals surface area contributed by atoms with E-state index in [-0.39, 0.29) is 0 Å². The van der Waals surface area contributed by atoms with E-state index >= 15 is 0 Å². The van der Waals surface area contributed by atoms with Crippen molar-refractivity contribution < 1.29 is 0 Å². The molecule has 4 heteroatoms. The summed E-state index contributed by atoms with van der Waals surface area (Å²) >= 11 is 0. The number of benzene rings is 1. The molecule has 0 radical (unpaired) electrons. The zero-order valence-electron chi connectivity index (χ0n) is 10.5. The molecule has 1 aromatic carbocycles. The molecule has 1 aromatic heterocycles. The van der Waals surface area contributed by atoms with Gasteiger partial charge < -0.3 is 9.88 Å². The van der Waals surface area contributed by atoms with Crippen molar-refractivity contribution in [3.63, 3.8) is 0 Å². The Morgan fingerprint density at radius 2 is 2.24 bits per heavy atom. The summed E-state index contributed by atoms with van der Waals surface area (Å²) in [7, 11) is 1.95. The van der Waals surface area contributed by atoms with Gasteiger partial charge in [-0.15, -0.1) is 10.2 Å². The molecule has 2 aromatic rings. The molecule has 2 rings (SSSR count). The molecule has 4 nitrogen and oxygen atoms in total. The number of nitrogens with one attached hydrogen (secondary N) is 1. The van der Waals surface area contributed by atoms with Gasteiger partial charge in [0.1, 0.15) is 12.2 Å². The minimum atomic E-state index is 0.312. The molecule has 1 atom stereocenters. The number of aromatic nitrogens is 3. The number of hydrogen-bond donors (Lipinski definition) is 1. The van der Waals surface area contributed by atoms with Crippen molar-refractivity contribution in [1.82, 2.24) is 20.1 Å². The fourth-order valence-electron chi connectivity index (χ4n) is 1.77. The number of nitrogens with zero attached hydrogens (tertiary/aromatic N) is 3. The lowest BCUT2D eigenvalue weighted by Crippen LogP contribution is -2.20. The monoisotopic (exact) mass is 230 g/mol. The summed E-state index contributed by atoms with van der Waals surface area (Å²) < 4.78 is 1.93. The lowest BCUT2D eigenvalue weighted by molar-refractivity contribution is 0.548. The Morgan fingerprint density at radius 1 is 1.41 bits per heavy atom. The molecule has 17 heavy (non-hydrogen) atoms. The van der Waals surface area contributed by atoms with E-state index in [4.69, 9.17) is 0 Å². The Morgan fingerprint density at radius 3 is 2.88 bits per heavy atom. The standard InChI is InChI=1S/C13H18N4/c1-10-5-4-6-12(7-10)11(2)14-8-13-16-15-9-17(13)3/h4-7,9,11,14H,8H2,1-3H3/t11-/m0/s1. The van der Waals surface area contributed by atoms with Crippen molar-refractivity contribution in [3.05, 3.63) is 47.5 Å². The van der Waals surface area contributed by atoms with E-state index in [1.807, 2.05) is 11.6 Å². The first-order valence-corrected chi connectivity index (χ1v) is 5.79. The van der Waals surface area contributed by atoms with E-state index in [9.17, 15) is 0 Å². The van der Waals surface area contributed by atoms with Crippen LogP contribution in [0.15, 0.2) is 30.6 Å². The Bertz CT molecular complexity index is 490. The van der Waals surface area contributed by atoms with Crippen molar-refractivity contribution in [3.8, 4) is 0 Å². The molecular weight excluding hydrogens is 212 g/mol. The van der Waals surface area contributed by atoms with E-state index < -0.39 is 0 Å². The summed E-state index contributed by atoms with van der Waals surface area (Å²) in [5.74, 6) is 0.949. The third-order valence-corrected chi connectivity index (χ3v) is 2.91. The maximum Gasteiger partial charge on any atom is 0.146 e. The minimum absolute atomic E-state index is 0.312. The highest BCUT2D eigenvalue weighted by Crippen LogP contribution is 2.13. The Kier molecular flexibility index (Phi) is 3.54. The van der Waals surface area contributed by atoms with E-state index in [0.29, 0.717) is 6.04 Å². The van der Waals surface area contributed by atoms with Crippen LogP contribution in [0.5, 0.6) is 0 Å². The highest BCUT2D eigenvalue weighted by atomic mass is 15.3. The molecule has 0 spiro atoms. The van der Waals surface area contributed by atoms with Crippen molar-refractivity contribution in [2.45, 2.75) is 26.4 Å². The van der Waals surface area contributed by atoms with Crippen molar-refractivity contribution in [1.29, 1.82) is 0 Å². The van der Waals surface area contributed by atoms with Crippen molar-refractivity contribution >= 4 is 0 Å². The van der Waals surface area contributed by atoms with Crippen molar-refractivity contribution in [2.75, 3.05) is 0 Å². The SMILES string of the molecule is Cc1cccc([C@H](C)NCc2nncn2C)c1. The Balaban J connectivity index is 1.98. The first-order chi connectivity index (χ1) is 8.16. The molecule has 0 aliphatic heterocycles. The second-order valence-electron chi connectivity index (χ2n) is 4.37. The van der Waals surface area contributed by atoms with Crippen LogP contribution in [0, 0.1) is 6.92 Å². The Labute approximate surface area is 102 Å². The van der Waals surface area contributed by atoms with Crippen molar-refractivity contribution in [2.24, 2.45) is 7.05 Å². The predicted octanol–water partition coefficient (Wildman–Crippen LogP) is 1.97. The summed E-state index contributed by atoms with van der Waals surface area (Å²) in [5, 5.41) is 11.4. The van der Waals surface area contributed by atoms with E-state index in [1.54, 1.807) is 6.33 Å². The highest BCUT2D eigenvalue weighted by molar-refractivity contribution is 5.24. The lowest BCUT2D eigenvalue weighted by Gasteiger charge is -2.14. The van der Waals surface area contributed by atoms with Crippen LogP contribution in [0.2, 0.25) is 0 Å². The van der Waals surface area contributed by atoms with Crippen LogP contribution < -0.4 is 5.32 Å². The maximum atomic E-state index is 4.05. The third kappa shape index (κ3) is 2.91. The van der Waals surface area contributed by atoms with Gasteiger partial charge in [-0.3, -0.25) is 0 Å². The first kappa shape index (κ1) is 11.8. The van der Waals surface area contributed by atoms with Crippen LogP contribution in [0.3, 0.4) is 0 Å². The smallest absolute Gasteiger partial charge is 0.146 e. The molecule has 0 aliphatic rings. The maximum absolute atomic E-state index is 4.05. The average Bonchev–Trinajstić information content (AvgIpc) is 2.72. The normalized spacial score (nSPS) is 12.6. The topological polar surface area (TPSA) is 42.7 Å². The van der Waals surface area contributed by atoms with Gasteiger partial charge in [-0.1, -0.05) is 29.8 Å². The third-order valence-electron chi connectivity index (χ3n) is 2.91. The largest absolute Gasteiger partial charge is 0.320 e. The van der Waals surface area contributed by atoms with Crippen LogP contribution >= 0.6 is 0 Å². The van der Waals surface area contributed by atoms with Gasteiger partial charge in [0, 0.05) is 13.1 Å². The minimum Gasteiger partial charge on any atom is -0.320 e. The molecule has 0 unspecified atom stereocenters. The summed E-state index contributed by atoms with van der Waals surface area (Å²) in [6.07, 6.45) is 1.72. The molecule has 0 amide bonds. The van der Waals surface area contributed by atoms with Gasteiger partial charge in [0.2, 0.25) is 0 Å². The summed E-state index contributed by atoms with van der Waals surface area (Å²) in [5.41, 5.74) is 2.59. The van der Waals surface area contributed by atoms with Gasteiger partial charge in [-0.05, 0) is 19.4 Å². The highest BCUT2D eigenvalue weighted by Gasteiger charge is 2.06. The van der Waals surface area contributed by atoms with Gasteiger partial charge in [0.05, 0.1) is 6.54 Å². The fourth-order valence-corrected chi connectivity index (χ4v) is 1.77. The molecule has 1 N–H and O–H groups in total. The van der Waals surface area contributed by atoms with Crippen LogP contribution in [-0.4, -0.2) is 14.8 Å². The average molecular weight is 230 g/mol. The number of hydrogen-bond acceptors (Lipinski definition) is 3. The molecular formula is C13H18N4. The summed E-state index contributed by atoms with van der Waals surface area (Å²) in [4.78, 5) is 0. The zero-order valence-corrected chi connectivity index (χ0v) is 10.5. The second kappa shape index (κ2) is 5.10. The number of rotatable bonds is 4. The first-order valence-electron chi connectivity index (χ1n) is 5.79. The van der Waals surface area contributed by atoms with Gasteiger partial charge in [0.15, 0.2) is 0 Å². The van der Waals surface area contributed by atoms with Crippen LogP contribution in [0.4, 0.5) is 0 Å². The molecule has 0 aliphatic carbocycles. The zero-order chi connectivity index (χ0) is 12.3. The molecule has 0 saturated carbocycles. The van der Waals surface area contributed by atoms with Crippen LogP contribution in [-0.2, 0) is 13.6 Å². The summed E-state index contributed by atoms with van der Waals surface area (Å²) in [6, 6.07) is 8.85. The fraction of sp³-hybridized carbons (Fsp3) is 0.385. The molecule has 1 heterocycles. The number of aryl methyl sites for hydroxylation is 2. The molecule has 90 valence electrons. The van der Waals surface area contributed by atoms with Crippen LogP contribution in [0.25, 0.3) is 0 Å². The quantitative estimate of drug-likeness (QED) is 0.873. The van der Waals surface area contributed by atoms with Gasteiger partial charge in [-0.2, -0.15) is 0 Å². The van der Waals surface area contributed by atoms with E-state index in [0.717, 1.165) is 12.4 Å². The lowest BCUT2D eigenvalue weighted by atomic mass is 10.1. The van der Waals surface area contributed by atoms with Gasteiger partial charge >= 0.3 is 0 Å². The van der Waals surface area contributed by atoms with Gasteiger partial charge in [0.25, 0.3) is 0 Å². The van der Waals surface area contributed by atoms with E-state index in [2.05, 4.69) is 53.6 Å². The van der Waals surface area contributed by atoms with Gasteiger partial charge in [-0.25, -0.2) is 0 Å². The summed E-state index contributed by atoms with van der Waals surface area (Å²) in [6.45, 7) is 5.00. The van der Waals surface area contributed by atoms with Crippen LogP contribution in [0.1, 0.15) is 29.9 Å².